The molecule has 0 heterocycles. The Morgan fingerprint density at radius 2 is 2.00 bits per heavy atom. The summed E-state index contributed by atoms with van der Waals surface area (Å²) < 4.78 is 7.00. The van der Waals surface area contributed by atoms with Crippen LogP contribution in [0.5, 0.6) is 11.5 Å². The van der Waals surface area contributed by atoms with Gasteiger partial charge in [-0.25, -0.2) is 0 Å². The lowest BCUT2D eigenvalue weighted by Gasteiger charge is -2.26. The van der Waals surface area contributed by atoms with Crippen molar-refractivity contribution in [1.82, 2.24) is 0 Å². The van der Waals surface area contributed by atoms with Crippen molar-refractivity contribution >= 4 is 51.2 Å². The Morgan fingerprint density at radius 3 is 2.55 bits per heavy atom. The molecule has 0 spiro atoms. The molecule has 7 heteroatoms. The highest BCUT2D eigenvalue weighted by Crippen LogP contribution is 2.33. The van der Waals surface area contributed by atoms with E-state index in [-0.39, 0.29) is 15.8 Å². The van der Waals surface area contributed by atoms with E-state index in [4.69, 9.17) is 15.6 Å². The van der Waals surface area contributed by atoms with Gasteiger partial charge in [-0.05, 0) is 64.9 Å². The molecule has 22 heavy (non-hydrogen) atoms. The van der Waals surface area contributed by atoms with Crippen LogP contribution in [0.1, 0.15) is 6.42 Å². The van der Waals surface area contributed by atoms with E-state index < -0.39 is 12.0 Å². The number of rotatable bonds is 5. The number of carboxylic acids is 1. The van der Waals surface area contributed by atoms with E-state index >= 15 is 0 Å². The lowest BCUT2D eigenvalue weighted by molar-refractivity contribution is -0.138. The SMILES string of the molecule is NC(CC1=CC(I)C(Oc2ccc(O)cc2)C(I)=C1)C(=O)O. The van der Waals surface area contributed by atoms with Gasteiger partial charge in [-0.2, -0.15) is 0 Å². The Balaban J connectivity index is 2.08. The Bertz CT molecular complexity index is 612. The standard InChI is InChI=1S/C15H15I2NO4/c16-11-5-8(7-13(18)15(20)21)6-12(17)14(11)22-10-3-1-9(19)2-4-10/h1-6,11,13-14,19H,7,18H2,(H,20,21). The lowest BCUT2D eigenvalue weighted by Crippen LogP contribution is -2.33. The Hall–Kier alpha value is -0.810. The van der Waals surface area contributed by atoms with Crippen LogP contribution in [0.4, 0.5) is 0 Å². The highest BCUT2D eigenvalue weighted by atomic mass is 127. The summed E-state index contributed by atoms with van der Waals surface area (Å²) in [6.07, 6.45) is 4.06. The van der Waals surface area contributed by atoms with Gasteiger partial charge in [0.2, 0.25) is 0 Å². The molecule has 5 nitrogen and oxygen atoms in total. The molecule has 0 bridgehead atoms. The van der Waals surface area contributed by atoms with Gasteiger partial charge in [0.05, 0.1) is 3.92 Å². The lowest BCUT2D eigenvalue weighted by atomic mass is 9.99. The van der Waals surface area contributed by atoms with Crippen molar-refractivity contribution in [2.45, 2.75) is 22.5 Å². The number of aromatic hydroxyl groups is 1. The van der Waals surface area contributed by atoms with Gasteiger partial charge in [0, 0.05) is 3.58 Å². The predicted molar refractivity (Wildman–Crippen MR) is 101 cm³/mol. The summed E-state index contributed by atoms with van der Waals surface area (Å²) in [6.45, 7) is 0. The summed E-state index contributed by atoms with van der Waals surface area (Å²) in [6, 6.07) is 5.67. The zero-order chi connectivity index (χ0) is 16.3. The molecular weight excluding hydrogens is 512 g/mol. The summed E-state index contributed by atoms with van der Waals surface area (Å²) in [4.78, 5) is 10.8. The number of phenols is 1. The number of halogens is 2. The summed E-state index contributed by atoms with van der Waals surface area (Å²) in [5, 5.41) is 18.2. The van der Waals surface area contributed by atoms with Gasteiger partial charge in [-0.3, -0.25) is 4.79 Å². The molecule has 2 rings (SSSR count). The Morgan fingerprint density at radius 1 is 1.36 bits per heavy atom. The first kappa shape index (κ1) is 17.5. The van der Waals surface area contributed by atoms with E-state index in [9.17, 15) is 9.90 Å². The topological polar surface area (TPSA) is 92.8 Å². The van der Waals surface area contributed by atoms with Gasteiger partial charge in [0.25, 0.3) is 0 Å². The fourth-order valence-electron chi connectivity index (χ4n) is 2.01. The minimum atomic E-state index is -1.00. The van der Waals surface area contributed by atoms with Crippen molar-refractivity contribution < 1.29 is 19.7 Å². The molecule has 1 aromatic rings. The number of hydrogen-bond donors (Lipinski definition) is 3. The molecule has 0 saturated carbocycles. The zero-order valence-corrected chi connectivity index (χ0v) is 15.8. The van der Waals surface area contributed by atoms with Crippen LogP contribution in [-0.4, -0.2) is 32.3 Å². The van der Waals surface area contributed by atoms with Gasteiger partial charge in [-0.1, -0.05) is 28.7 Å². The number of carboxylic acid groups (broad SMARTS) is 1. The first-order valence-electron chi connectivity index (χ1n) is 6.52. The average Bonchev–Trinajstić information content (AvgIpc) is 2.44. The van der Waals surface area contributed by atoms with Crippen LogP contribution >= 0.6 is 45.2 Å². The third-order valence-corrected chi connectivity index (χ3v) is 5.07. The van der Waals surface area contributed by atoms with E-state index in [1.54, 1.807) is 24.3 Å². The Kier molecular flexibility index (Phi) is 6.09. The number of benzene rings is 1. The van der Waals surface area contributed by atoms with Crippen molar-refractivity contribution in [3.63, 3.8) is 0 Å². The second kappa shape index (κ2) is 7.64. The van der Waals surface area contributed by atoms with Gasteiger partial charge < -0.3 is 20.7 Å². The van der Waals surface area contributed by atoms with Crippen LogP contribution in [0.2, 0.25) is 0 Å². The second-order valence-electron chi connectivity index (χ2n) is 4.90. The molecule has 3 unspecified atom stereocenters. The summed E-state index contributed by atoms with van der Waals surface area (Å²) in [5.74, 6) is -0.139. The molecule has 0 radical (unpaired) electrons. The number of phenolic OH excluding ortho intramolecular Hbond substituents is 1. The average molecular weight is 527 g/mol. The van der Waals surface area contributed by atoms with Crippen LogP contribution in [0, 0.1) is 0 Å². The molecule has 0 aromatic heterocycles. The smallest absolute Gasteiger partial charge is 0.320 e. The molecule has 0 saturated heterocycles. The number of ether oxygens (including phenoxy) is 1. The minimum absolute atomic E-state index is 0.0688. The molecule has 0 aliphatic heterocycles. The fraction of sp³-hybridized carbons (Fsp3) is 0.267. The van der Waals surface area contributed by atoms with Crippen LogP contribution in [0.25, 0.3) is 0 Å². The van der Waals surface area contributed by atoms with Gasteiger partial charge in [0.1, 0.15) is 23.6 Å². The number of carbonyl (C=O) groups is 1. The van der Waals surface area contributed by atoms with Gasteiger partial charge >= 0.3 is 5.97 Å². The number of allylic oxidation sites excluding steroid dienone is 1. The fourth-order valence-corrected chi connectivity index (χ4v) is 4.61. The van der Waals surface area contributed by atoms with Crippen molar-refractivity contribution in [3.8, 4) is 11.5 Å². The number of nitrogens with two attached hydrogens (primary N) is 1. The number of hydrogen-bond acceptors (Lipinski definition) is 4. The monoisotopic (exact) mass is 527 g/mol. The molecule has 1 aliphatic rings. The maximum absolute atomic E-state index is 10.8. The second-order valence-corrected chi connectivity index (χ2v) is 7.58. The quantitative estimate of drug-likeness (QED) is 0.405. The minimum Gasteiger partial charge on any atom is -0.508 e. The Labute approximate surface area is 155 Å². The molecule has 1 aliphatic carbocycles. The maximum atomic E-state index is 10.8. The first-order valence-corrected chi connectivity index (χ1v) is 8.85. The van der Waals surface area contributed by atoms with Crippen LogP contribution in [0.3, 0.4) is 0 Å². The summed E-state index contributed by atoms with van der Waals surface area (Å²) >= 11 is 4.46. The van der Waals surface area contributed by atoms with E-state index in [1.165, 1.54) is 0 Å². The van der Waals surface area contributed by atoms with Crippen LogP contribution < -0.4 is 10.5 Å². The summed E-state index contributed by atoms with van der Waals surface area (Å²) in [7, 11) is 0. The zero-order valence-electron chi connectivity index (χ0n) is 11.4. The predicted octanol–water partition coefficient (Wildman–Crippen LogP) is 3.00. The van der Waals surface area contributed by atoms with E-state index in [2.05, 4.69) is 45.2 Å². The molecular formula is C15H15I2NO4. The van der Waals surface area contributed by atoms with E-state index in [0.717, 1.165) is 9.15 Å². The summed E-state index contributed by atoms with van der Waals surface area (Å²) in [5.41, 5.74) is 6.49. The van der Waals surface area contributed by atoms with Crippen molar-refractivity contribution in [2.24, 2.45) is 5.73 Å². The molecule has 1 aromatic carbocycles. The van der Waals surface area contributed by atoms with Crippen LogP contribution in [-0.2, 0) is 4.79 Å². The van der Waals surface area contributed by atoms with Gasteiger partial charge in [0.15, 0.2) is 0 Å². The van der Waals surface area contributed by atoms with Crippen molar-refractivity contribution in [2.75, 3.05) is 0 Å². The van der Waals surface area contributed by atoms with E-state index in [1.807, 2.05) is 12.2 Å². The number of alkyl halides is 1. The highest BCUT2D eigenvalue weighted by molar-refractivity contribution is 14.1. The maximum Gasteiger partial charge on any atom is 0.320 e. The highest BCUT2D eigenvalue weighted by Gasteiger charge is 2.27. The van der Waals surface area contributed by atoms with Gasteiger partial charge in [-0.15, -0.1) is 0 Å². The molecule has 3 atom stereocenters. The molecule has 4 N–H and O–H groups in total. The number of aliphatic carboxylic acids is 1. The largest absolute Gasteiger partial charge is 0.508 e. The third kappa shape index (κ3) is 4.59. The molecule has 0 fully saturated rings. The normalized spacial score (nSPS) is 22.5. The first-order chi connectivity index (χ1) is 10.4. The van der Waals surface area contributed by atoms with E-state index in [0.29, 0.717) is 12.2 Å². The van der Waals surface area contributed by atoms with Crippen molar-refractivity contribution in [1.29, 1.82) is 0 Å². The third-order valence-electron chi connectivity index (χ3n) is 3.13. The molecule has 0 amide bonds. The van der Waals surface area contributed by atoms with Crippen LogP contribution in [0.15, 0.2) is 45.6 Å². The molecule has 118 valence electrons. The van der Waals surface area contributed by atoms with Crippen molar-refractivity contribution in [3.05, 3.63) is 45.6 Å².